The minimum Gasteiger partial charge on any atom is -0.491 e. The summed E-state index contributed by atoms with van der Waals surface area (Å²) < 4.78 is 11.7. The predicted molar refractivity (Wildman–Crippen MR) is 146 cm³/mol. The number of hydrogen-bond acceptors (Lipinski definition) is 8. The van der Waals surface area contributed by atoms with E-state index in [1.807, 2.05) is 0 Å². The molecule has 0 spiro atoms. The van der Waals surface area contributed by atoms with Crippen LogP contribution in [0.2, 0.25) is 0 Å². The Labute approximate surface area is 213 Å². The van der Waals surface area contributed by atoms with Crippen molar-refractivity contribution in [3.05, 3.63) is 34.4 Å². The molecule has 0 heterocycles. The van der Waals surface area contributed by atoms with Crippen LogP contribution >= 0.6 is 0 Å². The Morgan fingerprint density at radius 2 is 0.917 bits per heavy atom. The molecule has 0 saturated carbocycles. The van der Waals surface area contributed by atoms with Crippen molar-refractivity contribution < 1.29 is 19.1 Å². The summed E-state index contributed by atoms with van der Waals surface area (Å²) in [4.78, 5) is 27.1. The molecule has 0 aromatic heterocycles. The van der Waals surface area contributed by atoms with Crippen LogP contribution in [-0.4, -0.2) is 24.8 Å². The van der Waals surface area contributed by atoms with Crippen LogP contribution in [0.4, 0.5) is 22.7 Å². The molecule has 8 N–H and O–H groups in total. The number of fused-ring (bicyclic) bond motifs is 2. The summed E-state index contributed by atoms with van der Waals surface area (Å²) in [7, 11) is 0. The lowest BCUT2D eigenvalue weighted by Gasteiger charge is -2.25. The van der Waals surface area contributed by atoms with Crippen molar-refractivity contribution in [1.82, 2.24) is 0 Å². The van der Waals surface area contributed by atoms with Crippen LogP contribution in [-0.2, 0) is 0 Å². The number of carbonyl (C=O) groups is 2. The minimum atomic E-state index is -0.505. The van der Waals surface area contributed by atoms with Gasteiger partial charge in [-0.1, -0.05) is 65.2 Å². The first-order valence-corrected chi connectivity index (χ1v) is 13.1. The molecule has 0 bridgehead atoms. The van der Waals surface area contributed by atoms with Gasteiger partial charge >= 0.3 is 0 Å². The second-order valence-corrected chi connectivity index (χ2v) is 9.44. The van der Waals surface area contributed by atoms with Gasteiger partial charge in [-0.2, -0.15) is 0 Å². The number of carbonyl (C=O) groups excluding carboxylic acids is 2. The van der Waals surface area contributed by atoms with E-state index >= 15 is 0 Å². The molecule has 196 valence electrons. The summed E-state index contributed by atoms with van der Waals surface area (Å²) in [6, 6.07) is 3.01. The maximum Gasteiger partial charge on any atom is 0.199 e. The predicted octanol–water partition coefficient (Wildman–Crippen LogP) is 5.49. The number of ether oxygens (including phenoxy) is 2. The molecule has 0 fully saturated rings. The van der Waals surface area contributed by atoms with E-state index in [0.29, 0.717) is 13.2 Å². The van der Waals surface area contributed by atoms with Crippen LogP contribution in [0.3, 0.4) is 0 Å². The number of nitrogen functional groups attached to an aromatic ring is 4. The smallest absolute Gasteiger partial charge is 0.199 e. The molecular formula is C28H40N4O4. The summed E-state index contributed by atoms with van der Waals surface area (Å²) in [6.45, 7) is 5.20. The molecule has 36 heavy (non-hydrogen) atoms. The van der Waals surface area contributed by atoms with Gasteiger partial charge in [0, 0.05) is 23.5 Å². The van der Waals surface area contributed by atoms with Gasteiger partial charge in [0.05, 0.1) is 46.8 Å². The quantitative estimate of drug-likeness (QED) is 0.168. The van der Waals surface area contributed by atoms with Gasteiger partial charge in [0.25, 0.3) is 0 Å². The van der Waals surface area contributed by atoms with Gasteiger partial charge < -0.3 is 32.4 Å². The zero-order valence-corrected chi connectivity index (χ0v) is 21.6. The standard InChI is InChI=1S/C28H40N4O4/c1-3-5-7-9-11-13-35-19-15-17(29)21-23(25(19)31)28(34)24-22(27(21)33)18(30)16-20(26(24)32)36-14-12-10-8-6-4-2/h15-16H,3-14,29-32H2,1-2H3. The summed E-state index contributed by atoms with van der Waals surface area (Å²) in [5.41, 5.74) is 25.6. The molecule has 0 saturated heterocycles. The molecule has 0 unspecified atom stereocenters. The lowest BCUT2D eigenvalue weighted by atomic mass is 9.80. The zero-order chi connectivity index (χ0) is 26.2. The molecule has 3 rings (SSSR count). The highest BCUT2D eigenvalue weighted by atomic mass is 16.5. The van der Waals surface area contributed by atoms with E-state index in [-0.39, 0.29) is 56.5 Å². The fraction of sp³-hybridized carbons (Fsp3) is 0.500. The maximum atomic E-state index is 13.7. The zero-order valence-electron chi connectivity index (χ0n) is 21.6. The largest absolute Gasteiger partial charge is 0.491 e. The highest BCUT2D eigenvalue weighted by Gasteiger charge is 2.38. The van der Waals surface area contributed by atoms with Crippen molar-refractivity contribution in [2.75, 3.05) is 36.1 Å². The Bertz CT molecular complexity index is 1030. The van der Waals surface area contributed by atoms with Crippen LogP contribution in [0.15, 0.2) is 12.1 Å². The molecule has 0 amide bonds. The van der Waals surface area contributed by atoms with Gasteiger partial charge in [-0.15, -0.1) is 0 Å². The van der Waals surface area contributed by atoms with Crippen molar-refractivity contribution in [2.24, 2.45) is 0 Å². The number of rotatable bonds is 14. The Kier molecular flexibility index (Phi) is 9.44. The topological polar surface area (TPSA) is 157 Å². The number of benzene rings is 2. The van der Waals surface area contributed by atoms with Gasteiger partial charge in [-0.3, -0.25) is 9.59 Å². The average molecular weight is 497 g/mol. The molecule has 1 aliphatic carbocycles. The Morgan fingerprint density at radius 1 is 0.556 bits per heavy atom. The fourth-order valence-electron chi connectivity index (χ4n) is 4.61. The van der Waals surface area contributed by atoms with E-state index in [1.165, 1.54) is 25.0 Å². The molecule has 8 nitrogen and oxygen atoms in total. The van der Waals surface area contributed by atoms with Gasteiger partial charge in [-0.05, 0) is 12.8 Å². The summed E-state index contributed by atoms with van der Waals surface area (Å²) >= 11 is 0. The lowest BCUT2D eigenvalue weighted by Crippen LogP contribution is -2.27. The molecule has 2 aromatic rings. The SMILES string of the molecule is CCCCCCCOc1cc(N)c2c(c1N)C(=O)c1c(N)c(OCCCCCCC)cc(N)c1C2=O. The number of unbranched alkanes of at least 4 members (excludes halogenated alkanes) is 8. The molecule has 0 aliphatic heterocycles. The van der Waals surface area contributed by atoms with Gasteiger partial charge in [0.1, 0.15) is 11.5 Å². The van der Waals surface area contributed by atoms with Crippen molar-refractivity contribution >= 4 is 34.3 Å². The molecular weight excluding hydrogens is 456 g/mol. The molecule has 0 atom stereocenters. The number of ketones is 2. The Hall–Kier alpha value is -3.42. The van der Waals surface area contributed by atoms with E-state index in [2.05, 4.69) is 13.8 Å². The number of nitrogens with two attached hydrogens (primary N) is 4. The average Bonchev–Trinajstić information content (AvgIpc) is 2.85. The van der Waals surface area contributed by atoms with Gasteiger partial charge in [0.15, 0.2) is 11.6 Å². The van der Waals surface area contributed by atoms with Crippen molar-refractivity contribution in [1.29, 1.82) is 0 Å². The second kappa shape index (κ2) is 12.5. The number of anilines is 4. The molecule has 0 radical (unpaired) electrons. The van der Waals surface area contributed by atoms with Gasteiger partial charge in [0.2, 0.25) is 0 Å². The summed E-state index contributed by atoms with van der Waals surface area (Å²) in [5.74, 6) is -0.408. The first-order chi connectivity index (χ1) is 17.3. The molecule has 1 aliphatic rings. The first-order valence-electron chi connectivity index (χ1n) is 13.1. The Morgan fingerprint density at radius 3 is 1.31 bits per heavy atom. The summed E-state index contributed by atoms with van der Waals surface area (Å²) in [5, 5.41) is 0. The fourth-order valence-corrected chi connectivity index (χ4v) is 4.61. The van der Waals surface area contributed by atoms with Crippen LogP contribution < -0.4 is 32.4 Å². The summed E-state index contributed by atoms with van der Waals surface area (Å²) in [6.07, 6.45) is 10.7. The first kappa shape index (κ1) is 27.2. The third-order valence-electron chi connectivity index (χ3n) is 6.64. The second-order valence-electron chi connectivity index (χ2n) is 9.44. The van der Waals surface area contributed by atoms with Crippen LogP contribution in [0.1, 0.15) is 110 Å². The van der Waals surface area contributed by atoms with E-state index < -0.39 is 11.6 Å². The van der Waals surface area contributed by atoms with Crippen molar-refractivity contribution in [2.45, 2.75) is 78.1 Å². The normalized spacial score (nSPS) is 12.4. The van der Waals surface area contributed by atoms with Crippen LogP contribution in [0.5, 0.6) is 11.5 Å². The van der Waals surface area contributed by atoms with Gasteiger partial charge in [-0.25, -0.2) is 0 Å². The van der Waals surface area contributed by atoms with E-state index in [9.17, 15) is 9.59 Å². The highest BCUT2D eigenvalue weighted by molar-refractivity contribution is 6.35. The third-order valence-corrected chi connectivity index (χ3v) is 6.64. The maximum absolute atomic E-state index is 13.7. The minimum absolute atomic E-state index is 0.0105. The highest BCUT2D eigenvalue weighted by Crippen LogP contribution is 2.44. The lowest BCUT2D eigenvalue weighted by molar-refractivity contribution is 0.0981. The van der Waals surface area contributed by atoms with Crippen molar-refractivity contribution in [3.63, 3.8) is 0 Å². The van der Waals surface area contributed by atoms with E-state index in [0.717, 1.165) is 51.4 Å². The van der Waals surface area contributed by atoms with Crippen molar-refractivity contribution in [3.8, 4) is 11.5 Å². The van der Waals surface area contributed by atoms with Crippen LogP contribution in [0.25, 0.3) is 0 Å². The molecule has 8 heteroatoms. The molecule has 2 aromatic carbocycles. The number of hydrogen-bond donors (Lipinski definition) is 4. The van der Waals surface area contributed by atoms with E-state index in [4.69, 9.17) is 32.4 Å². The Balaban J connectivity index is 1.87. The van der Waals surface area contributed by atoms with E-state index in [1.54, 1.807) is 0 Å². The third kappa shape index (κ3) is 5.69. The monoisotopic (exact) mass is 496 g/mol. The van der Waals surface area contributed by atoms with Crippen LogP contribution in [0, 0.1) is 0 Å².